The maximum atomic E-state index is 13.4. The van der Waals surface area contributed by atoms with Crippen LogP contribution in [0.1, 0.15) is 36.0 Å². The predicted octanol–water partition coefficient (Wildman–Crippen LogP) is 2.79. The fraction of sp³-hybridized carbons (Fsp3) is 0.500. The van der Waals surface area contributed by atoms with Crippen molar-refractivity contribution >= 4 is 5.78 Å². The van der Waals surface area contributed by atoms with Gasteiger partial charge in [-0.05, 0) is 50.4 Å². The van der Waals surface area contributed by atoms with Gasteiger partial charge in [0.15, 0.2) is 5.78 Å². The van der Waals surface area contributed by atoms with E-state index in [4.69, 9.17) is 0 Å². The van der Waals surface area contributed by atoms with Gasteiger partial charge in [-0.1, -0.05) is 12.1 Å². The van der Waals surface area contributed by atoms with Gasteiger partial charge in [0.05, 0.1) is 5.56 Å². The molecule has 3 heteroatoms. The van der Waals surface area contributed by atoms with E-state index in [1.54, 1.807) is 18.2 Å². The highest BCUT2D eigenvalue weighted by atomic mass is 19.1. The Kier molecular flexibility index (Phi) is 4.26. The molecule has 0 aromatic heterocycles. The third-order valence-electron chi connectivity index (χ3n) is 3.34. The molecule has 1 N–H and O–H groups in total. The average Bonchev–Trinajstić information content (AvgIpc) is 2.58. The van der Waals surface area contributed by atoms with Crippen LogP contribution in [-0.4, -0.2) is 18.9 Å². The molecule has 1 unspecified atom stereocenters. The zero-order valence-corrected chi connectivity index (χ0v) is 9.92. The summed E-state index contributed by atoms with van der Waals surface area (Å²) in [4.78, 5) is 12.0. The van der Waals surface area contributed by atoms with E-state index >= 15 is 0 Å². The lowest BCUT2D eigenvalue weighted by atomic mass is 9.92. The first kappa shape index (κ1) is 12.2. The number of carbonyl (C=O) groups is 1. The Morgan fingerprint density at radius 2 is 2.12 bits per heavy atom. The van der Waals surface area contributed by atoms with Crippen molar-refractivity contribution in [2.24, 2.45) is 5.92 Å². The van der Waals surface area contributed by atoms with Crippen molar-refractivity contribution in [3.05, 3.63) is 35.6 Å². The summed E-state index contributed by atoms with van der Waals surface area (Å²) in [5.74, 6) is -0.0589. The standard InChI is InChI=1S/C14H18FNO/c15-13-6-2-1-5-12(13)14(17)10-11-4-3-8-16-9-7-11/h1-2,5-6,11,16H,3-4,7-10H2. The van der Waals surface area contributed by atoms with E-state index in [0.717, 1.165) is 32.4 Å². The Balaban J connectivity index is 1.98. The summed E-state index contributed by atoms with van der Waals surface area (Å²) < 4.78 is 13.4. The molecule has 92 valence electrons. The number of nitrogens with one attached hydrogen (secondary N) is 1. The topological polar surface area (TPSA) is 29.1 Å². The van der Waals surface area contributed by atoms with E-state index in [2.05, 4.69) is 5.32 Å². The van der Waals surface area contributed by atoms with Gasteiger partial charge in [-0.3, -0.25) is 4.79 Å². The molecule has 1 saturated heterocycles. The third kappa shape index (κ3) is 3.37. The van der Waals surface area contributed by atoms with E-state index in [-0.39, 0.29) is 11.3 Å². The van der Waals surface area contributed by atoms with Crippen molar-refractivity contribution < 1.29 is 9.18 Å². The van der Waals surface area contributed by atoms with E-state index in [1.807, 2.05) is 0 Å². The van der Waals surface area contributed by atoms with Crippen molar-refractivity contribution in [2.45, 2.75) is 25.7 Å². The van der Waals surface area contributed by atoms with E-state index in [9.17, 15) is 9.18 Å². The first-order valence-electron chi connectivity index (χ1n) is 6.26. The molecule has 0 amide bonds. The van der Waals surface area contributed by atoms with Crippen molar-refractivity contribution in [1.29, 1.82) is 0 Å². The minimum atomic E-state index is -0.399. The van der Waals surface area contributed by atoms with Crippen LogP contribution in [0.15, 0.2) is 24.3 Å². The molecule has 1 heterocycles. The second-order valence-corrected chi connectivity index (χ2v) is 4.65. The van der Waals surface area contributed by atoms with Gasteiger partial charge in [-0.2, -0.15) is 0 Å². The average molecular weight is 235 g/mol. The van der Waals surface area contributed by atoms with Crippen molar-refractivity contribution in [3.8, 4) is 0 Å². The number of hydrogen-bond acceptors (Lipinski definition) is 2. The molecule has 1 aromatic rings. The highest BCUT2D eigenvalue weighted by Gasteiger charge is 2.18. The smallest absolute Gasteiger partial charge is 0.166 e. The van der Waals surface area contributed by atoms with Gasteiger partial charge in [0.2, 0.25) is 0 Å². The van der Waals surface area contributed by atoms with Crippen molar-refractivity contribution in [2.75, 3.05) is 13.1 Å². The lowest BCUT2D eigenvalue weighted by Crippen LogP contribution is -2.15. The van der Waals surface area contributed by atoms with Crippen LogP contribution in [0.25, 0.3) is 0 Å². The number of carbonyl (C=O) groups excluding carboxylic acids is 1. The molecule has 0 bridgehead atoms. The molecule has 1 aromatic carbocycles. The van der Waals surface area contributed by atoms with Crippen LogP contribution >= 0.6 is 0 Å². The zero-order valence-electron chi connectivity index (χ0n) is 9.92. The summed E-state index contributed by atoms with van der Waals surface area (Å²) in [6.45, 7) is 2.00. The molecule has 0 radical (unpaired) electrons. The number of rotatable bonds is 3. The fourth-order valence-corrected chi connectivity index (χ4v) is 2.35. The fourth-order valence-electron chi connectivity index (χ4n) is 2.35. The quantitative estimate of drug-likeness (QED) is 0.816. The normalized spacial score (nSPS) is 20.9. The number of ketones is 1. The summed E-state index contributed by atoms with van der Waals surface area (Å²) in [5.41, 5.74) is 0.240. The molecule has 1 aliphatic rings. The summed E-state index contributed by atoms with van der Waals surface area (Å²) in [5, 5.41) is 3.32. The maximum Gasteiger partial charge on any atom is 0.166 e. The maximum absolute atomic E-state index is 13.4. The minimum Gasteiger partial charge on any atom is -0.317 e. The molecular weight excluding hydrogens is 217 g/mol. The van der Waals surface area contributed by atoms with Gasteiger partial charge in [-0.25, -0.2) is 4.39 Å². The molecule has 1 fully saturated rings. The Morgan fingerprint density at radius 1 is 1.29 bits per heavy atom. The summed E-state index contributed by atoms with van der Waals surface area (Å²) >= 11 is 0. The van der Waals surface area contributed by atoms with E-state index in [1.165, 1.54) is 6.07 Å². The van der Waals surface area contributed by atoms with Crippen molar-refractivity contribution in [1.82, 2.24) is 5.32 Å². The minimum absolute atomic E-state index is 0.0602. The molecule has 0 spiro atoms. The number of benzene rings is 1. The molecule has 0 aliphatic carbocycles. The lowest BCUT2D eigenvalue weighted by Gasteiger charge is -2.12. The van der Waals surface area contributed by atoms with Gasteiger partial charge in [-0.15, -0.1) is 0 Å². The first-order chi connectivity index (χ1) is 8.27. The Bertz CT molecular complexity index is 384. The first-order valence-corrected chi connectivity index (χ1v) is 6.26. The molecule has 2 rings (SSSR count). The molecule has 17 heavy (non-hydrogen) atoms. The van der Waals surface area contributed by atoms with E-state index < -0.39 is 5.82 Å². The number of Topliss-reactive ketones (excluding diaryl/α,β-unsaturated/α-hetero) is 1. The molecule has 1 aliphatic heterocycles. The van der Waals surface area contributed by atoms with E-state index in [0.29, 0.717) is 12.3 Å². The van der Waals surface area contributed by atoms with Crippen LogP contribution in [0.4, 0.5) is 4.39 Å². The molecule has 2 nitrogen and oxygen atoms in total. The summed E-state index contributed by atoms with van der Waals surface area (Å²) in [6.07, 6.45) is 3.66. The van der Waals surface area contributed by atoms with Crippen LogP contribution < -0.4 is 5.32 Å². The lowest BCUT2D eigenvalue weighted by molar-refractivity contribution is 0.0954. The zero-order chi connectivity index (χ0) is 12.1. The van der Waals surface area contributed by atoms with Gasteiger partial charge in [0.25, 0.3) is 0 Å². The van der Waals surface area contributed by atoms with Crippen molar-refractivity contribution in [3.63, 3.8) is 0 Å². The van der Waals surface area contributed by atoms with Gasteiger partial charge < -0.3 is 5.32 Å². The SMILES string of the molecule is O=C(CC1CCCNCC1)c1ccccc1F. The Labute approximate surface area is 101 Å². The predicted molar refractivity (Wildman–Crippen MR) is 65.6 cm³/mol. The second-order valence-electron chi connectivity index (χ2n) is 4.65. The van der Waals surface area contributed by atoms with Gasteiger partial charge in [0.1, 0.15) is 5.82 Å². The third-order valence-corrected chi connectivity index (χ3v) is 3.34. The summed E-state index contributed by atoms with van der Waals surface area (Å²) in [7, 11) is 0. The molecule has 1 atom stereocenters. The highest BCUT2D eigenvalue weighted by molar-refractivity contribution is 5.96. The van der Waals surface area contributed by atoms with Gasteiger partial charge >= 0.3 is 0 Å². The van der Waals surface area contributed by atoms with Crippen LogP contribution in [0.5, 0.6) is 0 Å². The number of halogens is 1. The molecule has 0 saturated carbocycles. The largest absolute Gasteiger partial charge is 0.317 e. The van der Waals surface area contributed by atoms with Gasteiger partial charge in [0, 0.05) is 6.42 Å². The second kappa shape index (κ2) is 5.92. The molecular formula is C14H18FNO. The Morgan fingerprint density at radius 3 is 2.94 bits per heavy atom. The number of hydrogen-bond donors (Lipinski definition) is 1. The Hall–Kier alpha value is -1.22. The monoisotopic (exact) mass is 235 g/mol. The summed E-state index contributed by atoms with van der Waals surface area (Å²) in [6, 6.07) is 6.25. The van der Waals surface area contributed by atoms with Crippen LogP contribution in [0.2, 0.25) is 0 Å². The van der Waals surface area contributed by atoms with Crippen LogP contribution in [0, 0.1) is 11.7 Å². The van der Waals surface area contributed by atoms with Crippen LogP contribution in [-0.2, 0) is 0 Å². The highest BCUT2D eigenvalue weighted by Crippen LogP contribution is 2.21. The van der Waals surface area contributed by atoms with Crippen LogP contribution in [0.3, 0.4) is 0 Å².